The molecule has 0 saturated heterocycles. The topological polar surface area (TPSA) is 26.3 Å². The average Bonchev–Trinajstić information content (AvgIpc) is 1.94. The SMILES string of the molecule is CC(=O)Oc1ccc(Cl)cc1Cl.[Sm]. The smallest absolute Gasteiger partial charge is 0.308 e. The zero-order valence-corrected chi connectivity index (χ0v) is 10.8. The van der Waals surface area contributed by atoms with Crippen LogP contribution in [0, 0.1) is 40.4 Å². The molecule has 0 unspecified atom stereocenters. The summed E-state index contributed by atoms with van der Waals surface area (Å²) in [5.41, 5.74) is 0. The fourth-order valence-electron chi connectivity index (χ4n) is 0.713. The molecule has 0 aliphatic rings. The van der Waals surface area contributed by atoms with Gasteiger partial charge in [-0.3, -0.25) is 4.79 Å². The first-order chi connectivity index (χ1) is 5.59. The normalized spacial score (nSPS) is 8.85. The van der Waals surface area contributed by atoms with Crippen molar-refractivity contribution in [2.24, 2.45) is 0 Å². The summed E-state index contributed by atoms with van der Waals surface area (Å²) in [7, 11) is 0. The standard InChI is InChI=1S/C8H6Cl2O2.Sm/c1-5(11)12-8-3-2-6(9)4-7(8)10;/h2-4H,1H3;. The van der Waals surface area contributed by atoms with Crippen LogP contribution in [0.5, 0.6) is 5.75 Å². The van der Waals surface area contributed by atoms with Crippen LogP contribution in [0.15, 0.2) is 18.2 Å². The minimum absolute atomic E-state index is 0. The number of rotatable bonds is 1. The van der Waals surface area contributed by atoms with Crippen LogP contribution in [0.25, 0.3) is 0 Å². The summed E-state index contributed by atoms with van der Waals surface area (Å²) < 4.78 is 4.77. The monoisotopic (exact) mass is 356 g/mol. The number of halogens is 2. The first-order valence-electron chi connectivity index (χ1n) is 3.23. The molecular formula is C8H6Cl2O2Sm. The van der Waals surface area contributed by atoms with Crippen LogP contribution in [0.1, 0.15) is 6.92 Å². The van der Waals surface area contributed by atoms with Gasteiger partial charge in [0.15, 0.2) is 0 Å². The van der Waals surface area contributed by atoms with Crippen LogP contribution < -0.4 is 4.74 Å². The van der Waals surface area contributed by atoms with Crippen molar-refractivity contribution in [2.75, 3.05) is 0 Å². The van der Waals surface area contributed by atoms with Gasteiger partial charge >= 0.3 is 5.97 Å². The van der Waals surface area contributed by atoms with Gasteiger partial charge in [-0.25, -0.2) is 0 Å². The molecule has 0 radical (unpaired) electrons. The fraction of sp³-hybridized carbons (Fsp3) is 0.125. The van der Waals surface area contributed by atoms with Crippen molar-refractivity contribution in [3.63, 3.8) is 0 Å². The van der Waals surface area contributed by atoms with Crippen LogP contribution in [0.4, 0.5) is 0 Å². The van der Waals surface area contributed by atoms with Crippen LogP contribution in [-0.4, -0.2) is 5.97 Å². The van der Waals surface area contributed by atoms with Crippen LogP contribution in [0.2, 0.25) is 10.0 Å². The van der Waals surface area contributed by atoms with Gasteiger partial charge in [-0.05, 0) is 18.2 Å². The van der Waals surface area contributed by atoms with Gasteiger partial charge in [-0.15, -0.1) is 0 Å². The fourth-order valence-corrected chi connectivity index (χ4v) is 1.16. The molecule has 0 aliphatic heterocycles. The predicted molar refractivity (Wildman–Crippen MR) is 47.8 cm³/mol. The van der Waals surface area contributed by atoms with E-state index in [1.807, 2.05) is 0 Å². The average molecular weight is 355 g/mol. The van der Waals surface area contributed by atoms with Crippen molar-refractivity contribution in [2.45, 2.75) is 6.92 Å². The molecule has 1 aromatic carbocycles. The van der Waals surface area contributed by atoms with E-state index in [9.17, 15) is 4.79 Å². The molecule has 0 aromatic heterocycles. The van der Waals surface area contributed by atoms with E-state index in [-0.39, 0.29) is 40.4 Å². The Bertz CT molecular complexity index is 315. The largest absolute Gasteiger partial charge is 0.425 e. The summed E-state index contributed by atoms with van der Waals surface area (Å²) in [6.45, 7) is 1.31. The molecule has 0 atom stereocenters. The van der Waals surface area contributed by atoms with Gasteiger partial charge in [-0.1, -0.05) is 23.2 Å². The molecule has 0 fully saturated rings. The number of ether oxygens (including phenoxy) is 1. The van der Waals surface area contributed by atoms with E-state index in [1.54, 1.807) is 12.1 Å². The summed E-state index contributed by atoms with van der Waals surface area (Å²) >= 11 is 11.3. The van der Waals surface area contributed by atoms with Crippen molar-refractivity contribution in [1.82, 2.24) is 0 Å². The van der Waals surface area contributed by atoms with Gasteiger partial charge in [-0.2, -0.15) is 0 Å². The molecule has 1 aromatic rings. The molecule has 0 aliphatic carbocycles. The van der Waals surface area contributed by atoms with E-state index in [4.69, 9.17) is 27.9 Å². The molecule has 0 bridgehead atoms. The van der Waals surface area contributed by atoms with Gasteiger partial charge < -0.3 is 4.74 Å². The third-order valence-corrected chi connectivity index (χ3v) is 1.68. The molecule has 0 spiro atoms. The maximum atomic E-state index is 10.5. The van der Waals surface area contributed by atoms with Crippen LogP contribution >= 0.6 is 23.2 Å². The van der Waals surface area contributed by atoms with Crippen LogP contribution in [0.3, 0.4) is 0 Å². The van der Waals surface area contributed by atoms with E-state index < -0.39 is 5.97 Å². The Kier molecular flexibility index (Phi) is 6.45. The van der Waals surface area contributed by atoms with Crippen molar-refractivity contribution in [3.05, 3.63) is 28.2 Å². The van der Waals surface area contributed by atoms with Gasteiger partial charge in [0.2, 0.25) is 0 Å². The number of hydrogen-bond acceptors (Lipinski definition) is 2. The summed E-state index contributed by atoms with van der Waals surface area (Å²) in [4.78, 5) is 10.5. The zero-order chi connectivity index (χ0) is 9.14. The van der Waals surface area contributed by atoms with E-state index in [0.29, 0.717) is 15.8 Å². The number of esters is 1. The van der Waals surface area contributed by atoms with Crippen molar-refractivity contribution in [3.8, 4) is 5.75 Å². The summed E-state index contributed by atoms with van der Waals surface area (Å²) in [6.07, 6.45) is 0. The molecule has 0 heterocycles. The minimum atomic E-state index is -0.403. The quantitative estimate of drug-likeness (QED) is 0.572. The molecule has 70 valence electrons. The van der Waals surface area contributed by atoms with Gasteiger partial charge in [0, 0.05) is 52.3 Å². The van der Waals surface area contributed by atoms with Crippen molar-refractivity contribution < 1.29 is 49.9 Å². The maximum Gasteiger partial charge on any atom is 0.308 e. The minimum Gasteiger partial charge on any atom is -0.425 e. The first kappa shape index (κ1) is 13.6. The van der Waals surface area contributed by atoms with E-state index in [1.165, 1.54) is 13.0 Å². The second kappa shape index (κ2) is 6.16. The first-order valence-corrected chi connectivity index (χ1v) is 3.98. The van der Waals surface area contributed by atoms with E-state index >= 15 is 0 Å². The second-order valence-corrected chi connectivity index (χ2v) is 3.01. The van der Waals surface area contributed by atoms with Crippen molar-refractivity contribution in [1.29, 1.82) is 0 Å². The van der Waals surface area contributed by atoms with Crippen molar-refractivity contribution >= 4 is 29.2 Å². The third-order valence-electron chi connectivity index (χ3n) is 1.15. The Labute approximate surface area is 119 Å². The van der Waals surface area contributed by atoms with Crippen LogP contribution in [-0.2, 0) is 4.79 Å². The van der Waals surface area contributed by atoms with Gasteiger partial charge in [0.1, 0.15) is 5.75 Å². The number of carbonyl (C=O) groups excluding carboxylic acids is 1. The third kappa shape index (κ3) is 4.58. The van der Waals surface area contributed by atoms with E-state index in [2.05, 4.69) is 0 Å². The molecule has 0 saturated carbocycles. The number of hydrogen-bond donors (Lipinski definition) is 0. The van der Waals surface area contributed by atoms with Gasteiger partial charge in [0.25, 0.3) is 0 Å². The Balaban J connectivity index is 0.00000144. The molecule has 2 nitrogen and oxygen atoms in total. The Hall–Kier alpha value is 0.608. The maximum absolute atomic E-state index is 10.5. The summed E-state index contributed by atoms with van der Waals surface area (Å²) in [6, 6.07) is 4.67. The Morgan fingerprint density at radius 1 is 1.38 bits per heavy atom. The summed E-state index contributed by atoms with van der Waals surface area (Å²) in [5.74, 6) is -0.0761. The Morgan fingerprint density at radius 3 is 2.46 bits per heavy atom. The summed E-state index contributed by atoms with van der Waals surface area (Å²) in [5, 5.41) is 0.841. The number of carbonyl (C=O) groups is 1. The van der Waals surface area contributed by atoms with Gasteiger partial charge in [0.05, 0.1) is 5.02 Å². The molecule has 0 amide bonds. The number of benzene rings is 1. The second-order valence-electron chi connectivity index (χ2n) is 2.17. The Morgan fingerprint density at radius 2 is 2.00 bits per heavy atom. The zero-order valence-electron chi connectivity index (χ0n) is 6.71. The molecule has 0 N–H and O–H groups in total. The van der Waals surface area contributed by atoms with E-state index in [0.717, 1.165) is 0 Å². The molecule has 13 heavy (non-hydrogen) atoms. The molecule has 1 rings (SSSR count). The molecular weight excluding hydrogens is 349 g/mol. The molecule has 5 heteroatoms. The predicted octanol–water partition coefficient (Wildman–Crippen LogP) is 2.92.